The smallest absolute Gasteiger partial charge is 0.125 e. The summed E-state index contributed by atoms with van der Waals surface area (Å²) in [5.41, 5.74) is 7.52. The Morgan fingerprint density at radius 3 is 2.71 bits per heavy atom. The summed E-state index contributed by atoms with van der Waals surface area (Å²) in [6.07, 6.45) is 0.639. The highest BCUT2D eigenvalue weighted by molar-refractivity contribution is 6.30. The minimum Gasteiger partial charge on any atom is -0.324 e. The van der Waals surface area contributed by atoms with Gasteiger partial charge < -0.3 is 5.73 Å². The summed E-state index contributed by atoms with van der Waals surface area (Å²) in [6.45, 7) is 5.65. The zero-order valence-corrected chi connectivity index (χ0v) is 8.81. The first-order valence-corrected chi connectivity index (χ1v) is 4.73. The van der Waals surface area contributed by atoms with Gasteiger partial charge in [-0.15, -0.1) is 6.58 Å². The largest absolute Gasteiger partial charge is 0.324 e. The van der Waals surface area contributed by atoms with Crippen molar-refractivity contribution in [2.24, 2.45) is 5.73 Å². The highest BCUT2D eigenvalue weighted by Gasteiger charge is 2.08. The normalized spacial score (nSPS) is 12.6. The van der Waals surface area contributed by atoms with Crippen LogP contribution < -0.4 is 5.73 Å². The summed E-state index contributed by atoms with van der Waals surface area (Å²) in [6, 6.07) is 4.11. The van der Waals surface area contributed by atoms with E-state index in [0.29, 0.717) is 17.0 Å². The number of rotatable bonds is 3. The van der Waals surface area contributed by atoms with E-state index in [2.05, 4.69) is 6.58 Å². The van der Waals surface area contributed by atoms with Crippen LogP contribution >= 0.6 is 11.6 Å². The van der Waals surface area contributed by atoms with Gasteiger partial charge >= 0.3 is 0 Å². The van der Waals surface area contributed by atoms with Gasteiger partial charge in [0.2, 0.25) is 0 Å². The highest BCUT2D eigenvalue weighted by atomic mass is 35.5. The number of hydrogen-bond donors (Lipinski definition) is 1. The molecule has 0 heterocycles. The lowest BCUT2D eigenvalue weighted by Crippen LogP contribution is -2.10. The van der Waals surface area contributed by atoms with E-state index in [-0.39, 0.29) is 11.9 Å². The predicted octanol–water partition coefficient (Wildman–Crippen LogP) is 3.45. The van der Waals surface area contributed by atoms with Crippen LogP contribution in [0, 0.1) is 5.82 Å². The fraction of sp³-hybridized carbons (Fsp3) is 0.273. The summed E-state index contributed by atoms with van der Waals surface area (Å²) in [7, 11) is 0. The number of nitrogens with two attached hydrogens (primary N) is 1. The van der Waals surface area contributed by atoms with Gasteiger partial charge in [-0.05, 0) is 37.1 Å². The van der Waals surface area contributed by atoms with Crippen molar-refractivity contribution in [1.29, 1.82) is 0 Å². The monoisotopic (exact) mass is 213 g/mol. The fourth-order valence-electron chi connectivity index (χ4n) is 1.28. The van der Waals surface area contributed by atoms with Crippen LogP contribution in [0.2, 0.25) is 5.02 Å². The molecule has 0 radical (unpaired) electrons. The van der Waals surface area contributed by atoms with Crippen molar-refractivity contribution in [3.63, 3.8) is 0 Å². The van der Waals surface area contributed by atoms with Gasteiger partial charge in [0.25, 0.3) is 0 Å². The number of halogens is 2. The van der Waals surface area contributed by atoms with Gasteiger partial charge in [-0.3, -0.25) is 0 Å². The molecule has 1 aromatic carbocycles. The van der Waals surface area contributed by atoms with E-state index in [9.17, 15) is 4.39 Å². The van der Waals surface area contributed by atoms with Crippen molar-refractivity contribution < 1.29 is 4.39 Å². The highest BCUT2D eigenvalue weighted by Crippen LogP contribution is 2.22. The van der Waals surface area contributed by atoms with E-state index in [0.717, 1.165) is 5.57 Å². The van der Waals surface area contributed by atoms with E-state index in [1.807, 2.05) is 6.92 Å². The predicted molar refractivity (Wildman–Crippen MR) is 57.8 cm³/mol. The Morgan fingerprint density at radius 2 is 2.21 bits per heavy atom. The van der Waals surface area contributed by atoms with Gasteiger partial charge in [0.1, 0.15) is 5.82 Å². The summed E-state index contributed by atoms with van der Waals surface area (Å²) in [5.74, 6) is -0.357. The number of hydrogen-bond acceptors (Lipinski definition) is 1. The molecule has 0 saturated heterocycles. The minimum atomic E-state index is -0.357. The molecule has 0 spiro atoms. The standard InChI is InChI=1S/C11H13ClFN/c1-7(2)3-11(14)8-4-9(12)6-10(13)5-8/h4-6,11H,1,3,14H2,2H3/t11-/m0/s1. The third-order valence-electron chi connectivity index (χ3n) is 1.88. The summed E-state index contributed by atoms with van der Waals surface area (Å²) >= 11 is 5.71. The van der Waals surface area contributed by atoms with Crippen molar-refractivity contribution in [3.8, 4) is 0 Å². The topological polar surface area (TPSA) is 26.0 Å². The molecule has 2 N–H and O–H groups in total. The number of benzene rings is 1. The molecule has 0 unspecified atom stereocenters. The first kappa shape index (κ1) is 11.2. The molecule has 1 aromatic rings. The molecule has 0 saturated carbocycles. The third-order valence-corrected chi connectivity index (χ3v) is 2.10. The van der Waals surface area contributed by atoms with E-state index in [1.165, 1.54) is 12.1 Å². The van der Waals surface area contributed by atoms with Crippen molar-refractivity contribution in [1.82, 2.24) is 0 Å². The Balaban J connectivity index is 2.89. The molecule has 14 heavy (non-hydrogen) atoms. The fourth-order valence-corrected chi connectivity index (χ4v) is 1.51. The first-order chi connectivity index (χ1) is 6.49. The average Bonchev–Trinajstić information content (AvgIpc) is 2.00. The molecule has 76 valence electrons. The molecule has 0 fully saturated rings. The second kappa shape index (κ2) is 4.58. The molecular weight excluding hydrogens is 201 g/mol. The van der Waals surface area contributed by atoms with Gasteiger partial charge in [0.15, 0.2) is 0 Å². The van der Waals surface area contributed by atoms with Gasteiger partial charge in [0, 0.05) is 11.1 Å². The van der Waals surface area contributed by atoms with Crippen LogP contribution in [0.15, 0.2) is 30.4 Å². The summed E-state index contributed by atoms with van der Waals surface area (Å²) in [5, 5.41) is 0.372. The van der Waals surface area contributed by atoms with Crippen LogP contribution in [-0.2, 0) is 0 Å². The van der Waals surface area contributed by atoms with Crippen LogP contribution in [0.5, 0.6) is 0 Å². The zero-order chi connectivity index (χ0) is 10.7. The summed E-state index contributed by atoms with van der Waals surface area (Å²) in [4.78, 5) is 0. The van der Waals surface area contributed by atoms with Crippen molar-refractivity contribution >= 4 is 11.6 Å². The maximum Gasteiger partial charge on any atom is 0.125 e. The SMILES string of the molecule is C=C(C)C[C@H](N)c1cc(F)cc(Cl)c1. The van der Waals surface area contributed by atoms with Crippen LogP contribution in [0.4, 0.5) is 4.39 Å². The lowest BCUT2D eigenvalue weighted by atomic mass is 10.0. The third kappa shape index (κ3) is 3.13. The molecule has 0 amide bonds. The van der Waals surface area contributed by atoms with E-state index in [4.69, 9.17) is 17.3 Å². The Hall–Kier alpha value is -0.860. The van der Waals surface area contributed by atoms with Gasteiger partial charge in [-0.1, -0.05) is 17.2 Å². The lowest BCUT2D eigenvalue weighted by Gasteiger charge is -2.12. The zero-order valence-electron chi connectivity index (χ0n) is 8.06. The Labute approximate surface area is 88.4 Å². The van der Waals surface area contributed by atoms with Crippen LogP contribution in [0.25, 0.3) is 0 Å². The van der Waals surface area contributed by atoms with Crippen LogP contribution in [0.1, 0.15) is 24.9 Å². The van der Waals surface area contributed by atoms with Gasteiger partial charge in [-0.25, -0.2) is 4.39 Å². The molecular formula is C11H13ClFN. The molecule has 0 aliphatic carbocycles. The summed E-state index contributed by atoms with van der Waals surface area (Å²) < 4.78 is 13.0. The first-order valence-electron chi connectivity index (χ1n) is 4.35. The van der Waals surface area contributed by atoms with E-state index in [1.54, 1.807) is 6.07 Å². The molecule has 1 nitrogen and oxygen atoms in total. The molecule has 0 bridgehead atoms. The van der Waals surface area contributed by atoms with Crippen LogP contribution in [-0.4, -0.2) is 0 Å². The minimum absolute atomic E-state index is 0.235. The maximum atomic E-state index is 13.0. The molecule has 1 atom stereocenters. The van der Waals surface area contributed by atoms with Gasteiger partial charge in [0.05, 0.1) is 0 Å². The Kier molecular flexibility index (Phi) is 3.67. The van der Waals surface area contributed by atoms with Crippen LogP contribution in [0.3, 0.4) is 0 Å². The molecule has 0 aliphatic rings. The lowest BCUT2D eigenvalue weighted by molar-refractivity contribution is 0.618. The van der Waals surface area contributed by atoms with Crippen molar-refractivity contribution in [3.05, 3.63) is 46.8 Å². The molecule has 1 rings (SSSR count). The molecule has 3 heteroatoms. The van der Waals surface area contributed by atoms with Crippen molar-refractivity contribution in [2.75, 3.05) is 0 Å². The average molecular weight is 214 g/mol. The Morgan fingerprint density at radius 1 is 1.57 bits per heavy atom. The second-order valence-corrected chi connectivity index (χ2v) is 3.91. The Bertz CT molecular complexity index is 329. The van der Waals surface area contributed by atoms with Gasteiger partial charge in [-0.2, -0.15) is 0 Å². The maximum absolute atomic E-state index is 13.0. The van der Waals surface area contributed by atoms with E-state index >= 15 is 0 Å². The second-order valence-electron chi connectivity index (χ2n) is 3.47. The quantitative estimate of drug-likeness (QED) is 0.765. The van der Waals surface area contributed by atoms with E-state index < -0.39 is 0 Å². The molecule has 0 aromatic heterocycles. The molecule has 0 aliphatic heterocycles. The van der Waals surface area contributed by atoms with Crippen molar-refractivity contribution in [2.45, 2.75) is 19.4 Å².